The van der Waals surface area contributed by atoms with E-state index >= 15 is 0 Å². The molecular weight excluding hydrogens is 957 g/mol. The van der Waals surface area contributed by atoms with Gasteiger partial charge in [0, 0.05) is 19.6 Å². The average molecular weight is 1020 g/mol. The van der Waals surface area contributed by atoms with E-state index in [1.165, 1.54) is 23.5 Å². The number of nitrogens with zero attached hydrogens (tertiary/aromatic N) is 6. The molecular formula is C54H58N6O10S2. The van der Waals surface area contributed by atoms with Crippen molar-refractivity contribution in [1.82, 2.24) is 0 Å². The molecule has 0 aliphatic carbocycles. The van der Waals surface area contributed by atoms with E-state index in [0.717, 1.165) is 43.5 Å². The van der Waals surface area contributed by atoms with Crippen LogP contribution >= 0.6 is 23.5 Å². The molecule has 0 bridgehead atoms. The topological polar surface area (TPSA) is 212 Å². The summed E-state index contributed by atoms with van der Waals surface area (Å²) < 4.78 is 48.2. The van der Waals surface area contributed by atoms with Gasteiger partial charge in [-0.05, 0) is 81.8 Å². The number of azide groups is 2. The van der Waals surface area contributed by atoms with Crippen molar-refractivity contribution in [3.8, 4) is 11.5 Å². The van der Waals surface area contributed by atoms with Crippen molar-refractivity contribution in [2.24, 2.45) is 10.2 Å². The van der Waals surface area contributed by atoms with Gasteiger partial charge in [-0.3, -0.25) is 0 Å². The number of thioether (sulfide) groups is 2. The summed E-state index contributed by atoms with van der Waals surface area (Å²) in [6, 6.07) is 53.0. The summed E-state index contributed by atoms with van der Waals surface area (Å²) in [5.74, 6) is 1.49. The first-order valence-electron chi connectivity index (χ1n) is 23.3. The lowest BCUT2D eigenvalue weighted by molar-refractivity contribution is -0.211. The van der Waals surface area contributed by atoms with Crippen LogP contribution in [0.2, 0.25) is 0 Å². The molecule has 0 saturated carbocycles. The van der Waals surface area contributed by atoms with E-state index in [0.29, 0.717) is 13.2 Å². The maximum atomic E-state index is 10.6. The highest BCUT2D eigenvalue weighted by molar-refractivity contribution is 8.00. The minimum atomic E-state index is -1.14. The van der Waals surface area contributed by atoms with Crippen LogP contribution in [0.3, 0.4) is 0 Å². The van der Waals surface area contributed by atoms with Crippen LogP contribution < -0.4 is 9.47 Å². The summed E-state index contributed by atoms with van der Waals surface area (Å²) >= 11 is 2.86. The lowest BCUT2D eigenvalue weighted by atomic mass is 9.97. The zero-order valence-corrected chi connectivity index (χ0v) is 41.5. The van der Waals surface area contributed by atoms with E-state index in [1.54, 1.807) is 14.2 Å². The van der Waals surface area contributed by atoms with Gasteiger partial charge in [-0.25, -0.2) is 0 Å². The third-order valence-electron chi connectivity index (χ3n) is 11.7. The molecule has 2 aliphatic heterocycles. The number of methoxy groups -OCH3 is 2. The number of rotatable bonds is 22. The molecule has 2 fully saturated rings. The van der Waals surface area contributed by atoms with Crippen molar-refractivity contribution in [1.29, 1.82) is 0 Å². The van der Waals surface area contributed by atoms with E-state index in [9.17, 15) is 15.7 Å². The molecule has 0 radical (unpaired) electrons. The fourth-order valence-electron chi connectivity index (χ4n) is 7.95. The molecule has 2 heterocycles. The third-order valence-corrected chi connectivity index (χ3v) is 14.0. The normalized spacial score (nSPS) is 23.6. The Labute approximate surface area is 427 Å². The molecule has 0 aromatic heterocycles. The number of hydrogen-bond acceptors (Lipinski definition) is 14. The molecule has 6 aromatic carbocycles. The number of hydrogen-bond donors (Lipinski definition) is 2. The zero-order chi connectivity index (χ0) is 50.3. The molecule has 6 aromatic rings. The van der Waals surface area contributed by atoms with E-state index in [-0.39, 0.29) is 26.4 Å². The van der Waals surface area contributed by atoms with Crippen molar-refractivity contribution in [2.75, 3.05) is 27.4 Å². The zero-order valence-electron chi connectivity index (χ0n) is 39.8. The van der Waals surface area contributed by atoms with E-state index in [1.807, 2.05) is 170 Å². The van der Waals surface area contributed by atoms with Crippen LogP contribution in [-0.2, 0) is 54.8 Å². The summed E-state index contributed by atoms with van der Waals surface area (Å²) in [4.78, 5) is 8.04. The lowest BCUT2D eigenvalue weighted by Crippen LogP contribution is -2.58. The number of aliphatic hydroxyl groups is 2. The minimum absolute atomic E-state index is 0.198. The summed E-state index contributed by atoms with van der Waals surface area (Å²) in [6.45, 7) is 1.15. The van der Waals surface area contributed by atoms with Crippen molar-refractivity contribution < 1.29 is 48.1 Å². The standard InChI is InChI=1S/C34H35N3O5S.C20H23N3O5S/c1-38-28-19-17-27(18-20-28)23-41-33-31(36-37-35)34(43-29-15-9-4-10-16-29)42-30(24-39-21-25-11-5-2-6-12-25)32(33)40-22-26-13-7-3-8-14-26;1-26-14-9-7-13(8-10-14)12-27-19-17(22-23-21)20(28-16(11-24)18(19)25)29-15-5-3-2-4-6-15/h2-20,30-34H,21-24H2,1H3;2-10,16-20,24-25H,11-12H2,1H3/t30?,31?,32-,33+,34-;16?,17?,18-,19+,20-/m00/s1. The van der Waals surface area contributed by atoms with Gasteiger partial charge in [-0.2, -0.15) is 0 Å². The Morgan fingerprint density at radius 2 is 0.889 bits per heavy atom. The van der Waals surface area contributed by atoms with E-state index < -0.39 is 59.6 Å². The van der Waals surface area contributed by atoms with Gasteiger partial charge in [0.15, 0.2) is 0 Å². The van der Waals surface area contributed by atoms with Crippen LogP contribution in [-0.4, -0.2) is 97.2 Å². The summed E-state index contributed by atoms with van der Waals surface area (Å²) in [6.07, 6.45) is -4.48. The van der Waals surface area contributed by atoms with Crippen LogP contribution in [0.15, 0.2) is 190 Å². The minimum Gasteiger partial charge on any atom is -0.497 e. The van der Waals surface area contributed by atoms with E-state index in [4.69, 9.17) is 43.4 Å². The largest absolute Gasteiger partial charge is 0.497 e. The summed E-state index contributed by atoms with van der Waals surface area (Å²) in [5, 5.41) is 28.4. The van der Waals surface area contributed by atoms with Gasteiger partial charge >= 0.3 is 0 Å². The second-order valence-corrected chi connectivity index (χ2v) is 18.9. The van der Waals surface area contributed by atoms with Crippen molar-refractivity contribution in [3.63, 3.8) is 0 Å². The quantitative estimate of drug-likeness (QED) is 0.0369. The number of aliphatic hydroxyl groups excluding tert-OH is 2. The SMILES string of the molecule is COc1ccc(CO[C@@H]2C(N=[N+]=[N-])[C@H](Sc3ccccc3)OC(CO)[C@@H]2O)cc1.COc1ccc(CO[C@@H]2C(N=[N+]=[N-])[C@H](Sc3ccccc3)OC(COCc3ccccc3)[C@@H]2OCc2ccccc2)cc1. The van der Waals surface area contributed by atoms with Gasteiger partial charge in [0.2, 0.25) is 0 Å². The molecule has 376 valence electrons. The van der Waals surface area contributed by atoms with Gasteiger partial charge in [-0.15, -0.1) is 0 Å². The highest BCUT2D eigenvalue weighted by Gasteiger charge is 2.48. The lowest BCUT2D eigenvalue weighted by Gasteiger charge is -2.44. The van der Waals surface area contributed by atoms with Crippen LogP contribution in [0.25, 0.3) is 20.9 Å². The Hall–Kier alpha value is -6.08. The second-order valence-electron chi connectivity index (χ2n) is 16.5. The predicted octanol–water partition coefficient (Wildman–Crippen LogP) is 10.7. The van der Waals surface area contributed by atoms with Crippen LogP contribution in [0.4, 0.5) is 0 Å². The molecule has 18 heteroatoms. The molecule has 4 unspecified atom stereocenters. The predicted molar refractivity (Wildman–Crippen MR) is 275 cm³/mol. The van der Waals surface area contributed by atoms with Crippen molar-refractivity contribution >= 4 is 23.5 Å². The molecule has 16 nitrogen and oxygen atoms in total. The fourth-order valence-corrected chi connectivity index (χ4v) is 10.2. The Bertz CT molecular complexity index is 2590. The van der Waals surface area contributed by atoms with Crippen molar-refractivity contribution in [3.05, 3.63) is 213 Å². The molecule has 2 aliphatic rings. The molecule has 2 N–H and O–H groups in total. The Kier molecular flexibility index (Phi) is 21.5. The summed E-state index contributed by atoms with van der Waals surface area (Å²) in [7, 11) is 3.23. The maximum absolute atomic E-state index is 10.6. The highest BCUT2D eigenvalue weighted by atomic mass is 32.2. The van der Waals surface area contributed by atoms with Crippen LogP contribution in [0, 0.1) is 0 Å². The molecule has 0 spiro atoms. The second kappa shape index (κ2) is 28.8. The fraction of sp³-hybridized carbons (Fsp3) is 0.333. The highest BCUT2D eigenvalue weighted by Crippen LogP contribution is 2.39. The first-order valence-corrected chi connectivity index (χ1v) is 25.0. The van der Waals surface area contributed by atoms with Crippen LogP contribution in [0.1, 0.15) is 22.3 Å². The Morgan fingerprint density at radius 1 is 0.500 bits per heavy atom. The average Bonchev–Trinajstić information content (AvgIpc) is 3.43. The molecule has 72 heavy (non-hydrogen) atoms. The van der Waals surface area contributed by atoms with Gasteiger partial charge in [-0.1, -0.05) is 155 Å². The number of ether oxygens (including phenoxy) is 8. The molecule has 0 amide bonds. The molecule has 8 rings (SSSR count). The smallest absolute Gasteiger partial charge is 0.119 e. The summed E-state index contributed by atoms with van der Waals surface area (Å²) in [5.41, 5.74) is 21.5. The van der Waals surface area contributed by atoms with Crippen LogP contribution in [0.5, 0.6) is 11.5 Å². The Morgan fingerprint density at radius 3 is 1.33 bits per heavy atom. The monoisotopic (exact) mass is 1010 g/mol. The number of benzene rings is 6. The molecule has 2 saturated heterocycles. The maximum Gasteiger partial charge on any atom is 0.119 e. The first-order chi connectivity index (χ1) is 35.4. The third kappa shape index (κ3) is 15.7. The van der Waals surface area contributed by atoms with Gasteiger partial charge in [0.05, 0.1) is 66.1 Å². The Balaban J connectivity index is 0.000000228. The molecule has 10 atom stereocenters. The van der Waals surface area contributed by atoms with Gasteiger partial charge < -0.3 is 48.1 Å². The first kappa shape index (κ1) is 53.7. The van der Waals surface area contributed by atoms with Gasteiger partial charge in [0.1, 0.15) is 58.9 Å². The van der Waals surface area contributed by atoms with Crippen molar-refractivity contribution in [2.45, 2.75) is 95.8 Å². The van der Waals surface area contributed by atoms with E-state index in [2.05, 4.69) is 20.1 Å². The van der Waals surface area contributed by atoms with Gasteiger partial charge in [0.25, 0.3) is 0 Å².